The van der Waals surface area contributed by atoms with E-state index in [4.69, 9.17) is 5.73 Å². The SMILES string of the molecule is NC(=O)c1ccc(NC(=O)c2csc(Cc3ccccc3)n2)cc1. The molecular formula is C18H15N3O2S. The Bertz CT molecular complexity index is 857. The molecule has 3 aromatic rings. The molecule has 0 unspecified atom stereocenters. The van der Waals surface area contributed by atoms with Crippen molar-refractivity contribution in [3.05, 3.63) is 81.8 Å². The average molecular weight is 337 g/mol. The van der Waals surface area contributed by atoms with Crippen LogP contribution in [0.2, 0.25) is 0 Å². The van der Waals surface area contributed by atoms with E-state index in [1.807, 2.05) is 30.3 Å². The molecule has 5 nitrogen and oxygen atoms in total. The third kappa shape index (κ3) is 3.85. The molecule has 120 valence electrons. The number of amides is 2. The summed E-state index contributed by atoms with van der Waals surface area (Å²) in [4.78, 5) is 27.7. The molecule has 6 heteroatoms. The summed E-state index contributed by atoms with van der Waals surface area (Å²) in [7, 11) is 0. The van der Waals surface area contributed by atoms with Crippen LogP contribution in [0.5, 0.6) is 0 Å². The summed E-state index contributed by atoms with van der Waals surface area (Å²) in [6, 6.07) is 16.4. The van der Waals surface area contributed by atoms with E-state index in [2.05, 4.69) is 10.3 Å². The van der Waals surface area contributed by atoms with Crippen LogP contribution in [0.15, 0.2) is 60.0 Å². The topological polar surface area (TPSA) is 85.1 Å². The van der Waals surface area contributed by atoms with Gasteiger partial charge in [0.1, 0.15) is 5.69 Å². The summed E-state index contributed by atoms with van der Waals surface area (Å²) >= 11 is 1.46. The van der Waals surface area contributed by atoms with Crippen LogP contribution in [0, 0.1) is 0 Å². The van der Waals surface area contributed by atoms with Crippen LogP contribution < -0.4 is 11.1 Å². The predicted octanol–water partition coefficient (Wildman–Crippen LogP) is 3.09. The maximum absolute atomic E-state index is 12.2. The van der Waals surface area contributed by atoms with Gasteiger partial charge in [-0.05, 0) is 29.8 Å². The van der Waals surface area contributed by atoms with Crippen LogP contribution in [0.4, 0.5) is 5.69 Å². The summed E-state index contributed by atoms with van der Waals surface area (Å²) in [5, 5.41) is 5.38. The molecule has 0 spiro atoms. The minimum absolute atomic E-state index is 0.280. The fourth-order valence-corrected chi connectivity index (χ4v) is 2.99. The van der Waals surface area contributed by atoms with Crippen molar-refractivity contribution in [2.24, 2.45) is 5.73 Å². The summed E-state index contributed by atoms with van der Waals surface area (Å²) in [6.45, 7) is 0. The lowest BCUT2D eigenvalue weighted by Gasteiger charge is -2.03. The van der Waals surface area contributed by atoms with Crippen molar-refractivity contribution in [2.75, 3.05) is 5.32 Å². The molecule has 0 fully saturated rings. The Morgan fingerprint density at radius 2 is 1.75 bits per heavy atom. The number of carbonyl (C=O) groups excluding carboxylic acids is 2. The van der Waals surface area contributed by atoms with Crippen molar-refractivity contribution in [2.45, 2.75) is 6.42 Å². The van der Waals surface area contributed by atoms with Gasteiger partial charge in [0.05, 0.1) is 5.01 Å². The first-order chi connectivity index (χ1) is 11.6. The Kier molecular flexibility index (Phi) is 4.67. The summed E-state index contributed by atoms with van der Waals surface area (Å²) in [6.07, 6.45) is 0.700. The molecule has 0 saturated carbocycles. The maximum atomic E-state index is 12.2. The van der Waals surface area contributed by atoms with Gasteiger partial charge in [-0.15, -0.1) is 11.3 Å². The highest BCUT2D eigenvalue weighted by molar-refractivity contribution is 7.09. The Morgan fingerprint density at radius 3 is 2.42 bits per heavy atom. The largest absolute Gasteiger partial charge is 0.366 e. The number of hydrogen-bond donors (Lipinski definition) is 2. The van der Waals surface area contributed by atoms with Gasteiger partial charge >= 0.3 is 0 Å². The highest BCUT2D eigenvalue weighted by Gasteiger charge is 2.11. The molecule has 0 saturated heterocycles. The number of benzene rings is 2. The molecule has 0 aliphatic rings. The van der Waals surface area contributed by atoms with Crippen LogP contribution >= 0.6 is 11.3 Å². The first kappa shape index (κ1) is 15.9. The van der Waals surface area contributed by atoms with E-state index in [9.17, 15) is 9.59 Å². The molecule has 2 amide bonds. The molecule has 0 aliphatic carbocycles. The molecule has 1 heterocycles. The number of rotatable bonds is 5. The van der Waals surface area contributed by atoms with Crippen LogP contribution in [0.3, 0.4) is 0 Å². The quantitative estimate of drug-likeness (QED) is 0.750. The molecule has 0 radical (unpaired) electrons. The van der Waals surface area contributed by atoms with Gasteiger partial charge in [-0.25, -0.2) is 4.98 Å². The molecular weight excluding hydrogens is 322 g/mol. The van der Waals surface area contributed by atoms with Crippen LogP contribution in [-0.2, 0) is 6.42 Å². The third-order valence-electron chi connectivity index (χ3n) is 3.41. The van der Waals surface area contributed by atoms with Gasteiger partial charge in [0.2, 0.25) is 5.91 Å². The predicted molar refractivity (Wildman–Crippen MR) is 94.3 cm³/mol. The number of anilines is 1. The van der Waals surface area contributed by atoms with Gasteiger partial charge in [-0.1, -0.05) is 30.3 Å². The lowest BCUT2D eigenvalue weighted by molar-refractivity contribution is 0.0998. The molecule has 0 aliphatic heterocycles. The Morgan fingerprint density at radius 1 is 1.04 bits per heavy atom. The van der Waals surface area contributed by atoms with E-state index in [0.29, 0.717) is 23.4 Å². The molecule has 3 rings (SSSR count). The smallest absolute Gasteiger partial charge is 0.275 e. The van der Waals surface area contributed by atoms with Gasteiger partial charge in [-0.3, -0.25) is 9.59 Å². The zero-order chi connectivity index (χ0) is 16.9. The zero-order valence-electron chi connectivity index (χ0n) is 12.7. The van der Waals surface area contributed by atoms with E-state index in [-0.39, 0.29) is 5.91 Å². The lowest BCUT2D eigenvalue weighted by atomic mass is 10.2. The summed E-state index contributed by atoms with van der Waals surface area (Å²) in [5.41, 5.74) is 7.70. The van der Waals surface area contributed by atoms with E-state index in [0.717, 1.165) is 10.6 Å². The number of primary amides is 1. The summed E-state index contributed by atoms with van der Waals surface area (Å²) < 4.78 is 0. The van der Waals surface area contributed by atoms with E-state index in [1.54, 1.807) is 29.6 Å². The first-order valence-corrected chi connectivity index (χ1v) is 8.19. The van der Waals surface area contributed by atoms with Crippen LogP contribution in [0.1, 0.15) is 31.4 Å². The minimum Gasteiger partial charge on any atom is -0.366 e. The number of carbonyl (C=O) groups is 2. The third-order valence-corrected chi connectivity index (χ3v) is 4.26. The lowest BCUT2D eigenvalue weighted by Crippen LogP contribution is -2.13. The summed E-state index contributed by atoms with van der Waals surface area (Å²) in [5.74, 6) is -0.782. The van der Waals surface area contributed by atoms with E-state index >= 15 is 0 Å². The Balaban J connectivity index is 1.66. The van der Waals surface area contributed by atoms with Crippen molar-refractivity contribution in [1.29, 1.82) is 0 Å². The maximum Gasteiger partial charge on any atom is 0.275 e. The van der Waals surface area contributed by atoms with Crippen molar-refractivity contribution in [3.8, 4) is 0 Å². The van der Waals surface area contributed by atoms with Gasteiger partial charge in [-0.2, -0.15) is 0 Å². The highest BCUT2D eigenvalue weighted by Crippen LogP contribution is 2.16. The number of thiazole rings is 1. The molecule has 24 heavy (non-hydrogen) atoms. The second-order valence-corrected chi connectivity index (χ2v) is 6.13. The fourth-order valence-electron chi connectivity index (χ4n) is 2.18. The number of nitrogens with two attached hydrogens (primary N) is 1. The molecule has 0 atom stereocenters. The van der Waals surface area contributed by atoms with Crippen molar-refractivity contribution in [1.82, 2.24) is 4.98 Å². The Labute approximate surface area is 143 Å². The van der Waals surface area contributed by atoms with Gasteiger partial charge in [0.25, 0.3) is 5.91 Å². The van der Waals surface area contributed by atoms with Gasteiger partial charge in [0, 0.05) is 23.1 Å². The normalized spacial score (nSPS) is 10.3. The fraction of sp³-hybridized carbons (Fsp3) is 0.0556. The van der Waals surface area contributed by atoms with Crippen molar-refractivity contribution in [3.63, 3.8) is 0 Å². The highest BCUT2D eigenvalue weighted by atomic mass is 32.1. The van der Waals surface area contributed by atoms with Crippen LogP contribution in [-0.4, -0.2) is 16.8 Å². The molecule has 2 aromatic carbocycles. The van der Waals surface area contributed by atoms with Crippen LogP contribution in [0.25, 0.3) is 0 Å². The standard InChI is InChI=1S/C18H15N3O2S/c19-17(22)13-6-8-14(9-7-13)20-18(23)15-11-24-16(21-15)10-12-4-2-1-3-5-12/h1-9,11H,10H2,(H2,19,22)(H,20,23). The average Bonchev–Trinajstić information content (AvgIpc) is 3.05. The van der Waals surface area contributed by atoms with Crippen molar-refractivity contribution >= 4 is 28.8 Å². The monoisotopic (exact) mass is 337 g/mol. The number of nitrogens with zero attached hydrogens (tertiary/aromatic N) is 1. The Hall–Kier alpha value is -2.99. The van der Waals surface area contributed by atoms with Crippen molar-refractivity contribution < 1.29 is 9.59 Å². The van der Waals surface area contributed by atoms with Gasteiger partial charge < -0.3 is 11.1 Å². The van der Waals surface area contributed by atoms with Gasteiger partial charge in [0.15, 0.2) is 0 Å². The second-order valence-electron chi connectivity index (χ2n) is 5.18. The number of aromatic nitrogens is 1. The zero-order valence-corrected chi connectivity index (χ0v) is 13.5. The minimum atomic E-state index is -0.502. The number of hydrogen-bond acceptors (Lipinski definition) is 4. The second kappa shape index (κ2) is 7.06. The number of nitrogens with one attached hydrogen (secondary N) is 1. The first-order valence-electron chi connectivity index (χ1n) is 7.31. The van der Waals surface area contributed by atoms with E-state index in [1.165, 1.54) is 11.3 Å². The molecule has 3 N–H and O–H groups in total. The molecule has 0 bridgehead atoms. The van der Waals surface area contributed by atoms with E-state index < -0.39 is 5.91 Å². The molecule has 1 aromatic heterocycles.